The van der Waals surface area contributed by atoms with Crippen LogP contribution in [-0.4, -0.2) is 29.8 Å². The van der Waals surface area contributed by atoms with Crippen molar-refractivity contribution in [2.75, 3.05) is 13.4 Å². The van der Waals surface area contributed by atoms with E-state index in [1.165, 1.54) is 0 Å². The standard InChI is InChI=1S/C25H26N2O5/c1-4-30-25(29)23-16(2)22(17(3)27(23)14-18-8-6-5-7-9-18)24(28)26-13-19-10-11-20-21(12-19)32-15-31-20/h5-12H,4,13-15H2,1-3H3,(H,26,28). The highest BCUT2D eigenvalue weighted by molar-refractivity contribution is 6.01. The Morgan fingerprint density at radius 2 is 1.78 bits per heavy atom. The van der Waals surface area contributed by atoms with E-state index in [1.54, 1.807) is 13.8 Å². The van der Waals surface area contributed by atoms with Crippen molar-refractivity contribution in [3.05, 3.63) is 82.2 Å². The Labute approximate surface area is 186 Å². The lowest BCUT2D eigenvalue weighted by atomic mass is 10.1. The second-order valence-electron chi connectivity index (χ2n) is 7.60. The molecule has 0 saturated carbocycles. The Kier molecular flexibility index (Phi) is 6.16. The van der Waals surface area contributed by atoms with Crippen molar-refractivity contribution in [3.63, 3.8) is 0 Å². The number of carbonyl (C=O) groups is 2. The maximum absolute atomic E-state index is 13.2. The van der Waals surface area contributed by atoms with Crippen molar-refractivity contribution in [1.29, 1.82) is 0 Å². The molecule has 1 N–H and O–H groups in total. The molecule has 0 spiro atoms. The van der Waals surface area contributed by atoms with Crippen molar-refractivity contribution in [1.82, 2.24) is 9.88 Å². The molecule has 32 heavy (non-hydrogen) atoms. The van der Waals surface area contributed by atoms with Gasteiger partial charge in [0, 0.05) is 18.8 Å². The minimum absolute atomic E-state index is 0.203. The van der Waals surface area contributed by atoms with Crippen LogP contribution in [0, 0.1) is 13.8 Å². The SMILES string of the molecule is CCOC(=O)c1c(C)c(C(=O)NCc2ccc3c(c2)OCO3)c(C)n1Cc1ccccc1. The summed E-state index contributed by atoms with van der Waals surface area (Å²) < 4.78 is 17.9. The molecule has 166 valence electrons. The minimum Gasteiger partial charge on any atom is -0.461 e. The van der Waals surface area contributed by atoms with E-state index in [2.05, 4.69) is 5.32 Å². The zero-order chi connectivity index (χ0) is 22.7. The fourth-order valence-corrected chi connectivity index (χ4v) is 3.98. The van der Waals surface area contributed by atoms with Gasteiger partial charge < -0.3 is 24.1 Å². The molecule has 2 heterocycles. The summed E-state index contributed by atoms with van der Waals surface area (Å²) in [6, 6.07) is 15.4. The Bertz CT molecular complexity index is 1150. The number of amides is 1. The first-order valence-electron chi connectivity index (χ1n) is 10.6. The topological polar surface area (TPSA) is 78.8 Å². The van der Waals surface area contributed by atoms with Gasteiger partial charge in [-0.2, -0.15) is 0 Å². The Balaban J connectivity index is 1.61. The zero-order valence-corrected chi connectivity index (χ0v) is 18.4. The normalized spacial score (nSPS) is 12.0. The second-order valence-corrected chi connectivity index (χ2v) is 7.60. The Morgan fingerprint density at radius 1 is 1.03 bits per heavy atom. The average molecular weight is 434 g/mol. The molecule has 1 amide bonds. The van der Waals surface area contributed by atoms with Gasteiger partial charge in [-0.25, -0.2) is 4.79 Å². The van der Waals surface area contributed by atoms with Gasteiger partial charge in [0.25, 0.3) is 5.91 Å². The summed E-state index contributed by atoms with van der Waals surface area (Å²) in [7, 11) is 0. The molecular formula is C25H26N2O5. The Hall–Kier alpha value is -3.74. The van der Waals surface area contributed by atoms with Gasteiger partial charge in [0.15, 0.2) is 11.5 Å². The molecule has 0 fully saturated rings. The molecule has 0 radical (unpaired) electrons. The highest BCUT2D eigenvalue weighted by atomic mass is 16.7. The summed E-state index contributed by atoms with van der Waals surface area (Å²) in [4.78, 5) is 25.9. The molecule has 1 aliphatic heterocycles. The maximum Gasteiger partial charge on any atom is 0.355 e. The molecule has 1 aromatic heterocycles. The van der Waals surface area contributed by atoms with Gasteiger partial charge in [-0.3, -0.25) is 4.79 Å². The van der Waals surface area contributed by atoms with Gasteiger partial charge in [0.1, 0.15) is 5.69 Å². The summed E-state index contributed by atoms with van der Waals surface area (Å²) in [6.45, 7) is 6.67. The van der Waals surface area contributed by atoms with Gasteiger partial charge in [-0.15, -0.1) is 0 Å². The number of esters is 1. The largest absolute Gasteiger partial charge is 0.461 e. The predicted octanol–water partition coefficient (Wildman–Crippen LogP) is 3.99. The number of aromatic nitrogens is 1. The van der Waals surface area contributed by atoms with E-state index < -0.39 is 5.97 Å². The van der Waals surface area contributed by atoms with E-state index in [4.69, 9.17) is 14.2 Å². The first kappa shape index (κ1) is 21.5. The third-order valence-electron chi connectivity index (χ3n) is 5.54. The number of carbonyl (C=O) groups excluding carboxylic acids is 2. The van der Waals surface area contributed by atoms with Gasteiger partial charge in [0.2, 0.25) is 6.79 Å². The summed E-state index contributed by atoms with van der Waals surface area (Å²) in [6.07, 6.45) is 0. The number of hydrogen-bond acceptors (Lipinski definition) is 5. The number of rotatable bonds is 7. The van der Waals surface area contributed by atoms with Crippen LogP contribution in [0.3, 0.4) is 0 Å². The van der Waals surface area contributed by atoms with Gasteiger partial charge >= 0.3 is 5.97 Å². The average Bonchev–Trinajstić information content (AvgIpc) is 3.35. The lowest BCUT2D eigenvalue weighted by Crippen LogP contribution is -2.24. The quantitative estimate of drug-likeness (QED) is 0.569. The van der Waals surface area contributed by atoms with Crippen molar-refractivity contribution in [3.8, 4) is 11.5 Å². The highest BCUT2D eigenvalue weighted by Crippen LogP contribution is 2.32. The molecule has 3 aromatic rings. The Morgan fingerprint density at radius 3 is 2.53 bits per heavy atom. The van der Waals surface area contributed by atoms with Crippen LogP contribution in [0.15, 0.2) is 48.5 Å². The monoisotopic (exact) mass is 434 g/mol. The van der Waals surface area contributed by atoms with Crippen LogP contribution in [0.4, 0.5) is 0 Å². The van der Waals surface area contributed by atoms with Crippen molar-refractivity contribution < 1.29 is 23.8 Å². The van der Waals surface area contributed by atoms with Crippen LogP contribution in [-0.2, 0) is 17.8 Å². The molecule has 4 rings (SSSR count). The summed E-state index contributed by atoms with van der Waals surface area (Å²) in [5.41, 5.74) is 4.15. The summed E-state index contributed by atoms with van der Waals surface area (Å²) >= 11 is 0. The number of fused-ring (bicyclic) bond motifs is 1. The third kappa shape index (κ3) is 4.19. The van der Waals surface area contributed by atoms with E-state index in [-0.39, 0.29) is 19.3 Å². The van der Waals surface area contributed by atoms with Gasteiger partial charge in [-0.05, 0) is 49.6 Å². The van der Waals surface area contributed by atoms with Gasteiger partial charge in [0.05, 0.1) is 12.2 Å². The van der Waals surface area contributed by atoms with E-state index in [9.17, 15) is 9.59 Å². The lowest BCUT2D eigenvalue weighted by Gasteiger charge is -2.12. The number of nitrogens with one attached hydrogen (secondary N) is 1. The van der Waals surface area contributed by atoms with Crippen LogP contribution in [0.5, 0.6) is 11.5 Å². The van der Waals surface area contributed by atoms with Crippen LogP contribution >= 0.6 is 0 Å². The van der Waals surface area contributed by atoms with Crippen LogP contribution in [0.2, 0.25) is 0 Å². The van der Waals surface area contributed by atoms with Crippen LogP contribution in [0.1, 0.15) is 50.2 Å². The van der Waals surface area contributed by atoms with Crippen molar-refractivity contribution in [2.45, 2.75) is 33.9 Å². The second kappa shape index (κ2) is 9.18. The smallest absolute Gasteiger partial charge is 0.355 e. The fraction of sp³-hybridized carbons (Fsp3) is 0.280. The molecule has 7 nitrogen and oxygen atoms in total. The molecule has 0 bridgehead atoms. The molecule has 7 heteroatoms. The maximum atomic E-state index is 13.2. The van der Waals surface area contributed by atoms with E-state index >= 15 is 0 Å². The fourth-order valence-electron chi connectivity index (χ4n) is 3.98. The first-order valence-corrected chi connectivity index (χ1v) is 10.6. The first-order chi connectivity index (χ1) is 15.5. The van der Waals surface area contributed by atoms with Gasteiger partial charge in [-0.1, -0.05) is 36.4 Å². The summed E-state index contributed by atoms with van der Waals surface area (Å²) in [5.74, 6) is 0.695. The third-order valence-corrected chi connectivity index (χ3v) is 5.54. The molecule has 0 saturated heterocycles. The van der Waals surface area contributed by atoms with E-state index in [0.717, 1.165) is 16.8 Å². The zero-order valence-electron chi connectivity index (χ0n) is 18.4. The summed E-state index contributed by atoms with van der Waals surface area (Å²) in [5, 5.41) is 2.96. The van der Waals surface area contributed by atoms with E-state index in [1.807, 2.05) is 60.0 Å². The molecular weight excluding hydrogens is 408 g/mol. The molecule has 0 aliphatic carbocycles. The lowest BCUT2D eigenvalue weighted by molar-refractivity contribution is 0.0513. The minimum atomic E-state index is -0.432. The number of nitrogens with zero attached hydrogens (tertiary/aromatic N) is 1. The molecule has 0 unspecified atom stereocenters. The number of ether oxygens (including phenoxy) is 3. The highest BCUT2D eigenvalue weighted by Gasteiger charge is 2.27. The molecule has 2 aromatic carbocycles. The van der Waals surface area contributed by atoms with E-state index in [0.29, 0.717) is 41.4 Å². The predicted molar refractivity (Wildman–Crippen MR) is 119 cm³/mol. The van der Waals surface area contributed by atoms with Crippen LogP contribution in [0.25, 0.3) is 0 Å². The van der Waals surface area contributed by atoms with Crippen molar-refractivity contribution in [2.24, 2.45) is 0 Å². The molecule has 1 aliphatic rings. The molecule has 0 atom stereocenters. The number of hydrogen-bond donors (Lipinski definition) is 1. The number of benzene rings is 2. The van der Waals surface area contributed by atoms with Crippen LogP contribution < -0.4 is 14.8 Å². The van der Waals surface area contributed by atoms with Crippen molar-refractivity contribution >= 4 is 11.9 Å².